The molecule has 0 aliphatic heterocycles. The minimum absolute atomic E-state index is 0.00801. The SMILES string of the molecule is CCOc1cc(C)c(Cl)cc1S(=O)(=O)n1cccn1. The maximum Gasteiger partial charge on any atom is 0.286 e. The van der Waals surface area contributed by atoms with Crippen LogP contribution in [-0.2, 0) is 10.0 Å². The predicted octanol–water partition coefficient (Wildman–Crippen LogP) is 2.48. The lowest BCUT2D eigenvalue weighted by Gasteiger charge is -2.12. The van der Waals surface area contributed by atoms with E-state index in [2.05, 4.69) is 5.10 Å². The highest BCUT2D eigenvalue weighted by molar-refractivity contribution is 7.90. The Bertz CT molecular complexity index is 681. The van der Waals surface area contributed by atoms with Gasteiger partial charge in [-0.05, 0) is 37.6 Å². The van der Waals surface area contributed by atoms with E-state index in [0.717, 1.165) is 9.65 Å². The second-order valence-electron chi connectivity index (χ2n) is 3.86. The lowest BCUT2D eigenvalue weighted by molar-refractivity contribution is 0.330. The van der Waals surface area contributed by atoms with Crippen molar-refractivity contribution in [3.05, 3.63) is 41.2 Å². The Labute approximate surface area is 116 Å². The largest absolute Gasteiger partial charge is 0.492 e. The van der Waals surface area contributed by atoms with Gasteiger partial charge in [0.25, 0.3) is 10.0 Å². The lowest BCUT2D eigenvalue weighted by atomic mass is 10.2. The highest BCUT2D eigenvalue weighted by Gasteiger charge is 2.23. The Hall–Kier alpha value is -1.53. The first-order chi connectivity index (χ1) is 8.96. The van der Waals surface area contributed by atoms with Gasteiger partial charge in [-0.15, -0.1) is 0 Å². The summed E-state index contributed by atoms with van der Waals surface area (Å²) in [6.07, 6.45) is 2.76. The predicted molar refractivity (Wildman–Crippen MR) is 72.2 cm³/mol. The first kappa shape index (κ1) is 13.9. The Balaban J connectivity index is 2.64. The van der Waals surface area contributed by atoms with Crippen molar-refractivity contribution in [1.29, 1.82) is 0 Å². The molecule has 0 spiro atoms. The molecule has 0 unspecified atom stereocenters. The second kappa shape index (κ2) is 5.22. The molecule has 2 aromatic rings. The number of rotatable bonds is 4. The fourth-order valence-corrected chi connectivity index (χ4v) is 3.08. The van der Waals surface area contributed by atoms with Crippen LogP contribution in [0.25, 0.3) is 0 Å². The Kier molecular flexibility index (Phi) is 3.82. The maximum absolute atomic E-state index is 12.4. The van der Waals surface area contributed by atoms with E-state index >= 15 is 0 Å². The van der Waals surface area contributed by atoms with Crippen molar-refractivity contribution in [2.45, 2.75) is 18.7 Å². The van der Waals surface area contributed by atoms with Crippen LogP contribution in [0.1, 0.15) is 12.5 Å². The van der Waals surface area contributed by atoms with Gasteiger partial charge in [-0.25, -0.2) is 0 Å². The number of halogens is 1. The van der Waals surface area contributed by atoms with E-state index in [1.807, 2.05) is 0 Å². The Morgan fingerprint density at radius 3 is 2.74 bits per heavy atom. The van der Waals surface area contributed by atoms with Gasteiger partial charge in [-0.2, -0.15) is 17.6 Å². The van der Waals surface area contributed by atoms with E-state index < -0.39 is 10.0 Å². The average Bonchev–Trinajstić information content (AvgIpc) is 2.88. The average molecular weight is 301 g/mol. The first-order valence-electron chi connectivity index (χ1n) is 5.65. The van der Waals surface area contributed by atoms with Gasteiger partial charge in [0.1, 0.15) is 10.6 Å². The van der Waals surface area contributed by atoms with Crippen LogP contribution in [0, 0.1) is 6.92 Å². The molecule has 0 aliphatic carbocycles. The molecule has 1 heterocycles. The summed E-state index contributed by atoms with van der Waals surface area (Å²) in [4.78, 5) is 0.00801. The van der Waals surface area contributed by atoms with Crippen LogP contribution in [0.2, 0.25) is 5.02 Å². The minimum Gasteiger partial charge on any atom is -0.492 e. The van der Waals surface area contributed by atoms with Crippen LogP contribution >= 0.6 is 11.6 Å². The molecule has 1 aromatic carbocycles. The highest BCUT2D eigenvalue weighted by Crippen LogP contribution is 2.31. The van der Waals surface area contributed by atoms with E-state index in [4.69, 9.17) is 16.3 Å². The third-order valence-electron chi connectivity index (χ3n) is 2.53. The zero-order chi connectivity index (χ0) is 14.0. The topological polar surface area (TPSA) is 61.2 Å². The number of benzene rings is 1. The number of ether oxygens (including phenoxy) is 1. The first-order valence-corrected chi connectivity index (χ1v) is 7.46. The molecule has 0 fully saturated rings. The summed E-state index contributed by atoms with van der Waals surface area (Å²) in [5.74, 6) is 0.278. The molecule has 0 amide bonds. The molecule has 0 radical (unpaired) electrons. The van der Waals surface area contributed by atoms with Gasteiger partial charge in [0.05, 0.1) is 12.8 Å². The fraction of sp³-hybridized carbons (Fsp3) is 0.250. The number of aryl methyl sites for hydroxylation is 1. The van der Waals surface area contributed by atoms with Gasteiger partial charge in [0, 0.05) is 11.2 Å². The third-order valence-corrected chi connectivity index (χ3v) is 4.52. The van der Waals surface area contributed by atoms with E-state index in [1.165, 1.54) is 24.5 Å². The molecule has 0 N–H and O–H groups in total. The summed E-state index contributed by atoms with van der Waals surface area (Å²) in [6.45, 7) is 3.94. The van der Waals surface area contributed by atoms with Gasteiger partial charge in [-0.3, -0.25) is 0 Å². The zero-order valence-electron chi connectivity index (χ0n) is 10.5. The normalized spacial score (nSPS) is 11.5. The third kappa shape index (κ3) is 2.59. The van der Waals surface area contributed by atoms with Crippen molar-refractivity contribution in [3.8, 4) is 5.75 Å². The van der Waals surface area contributed by atoms with Crippen LogP contribution in [0.5, 0.6) is 5.75 Å². The molecule has 102 valence electrons. The zero-order valence-corrected chi connectivity index (χ0v) is 12.1. The molecule has 0 aliphatic rings. The highest BCUT2D eigenvalue weighted by atomic mass is 35.5. The molecule has 0 atom stereocenters. The van der Waals surface area contributed by atoms with Gasteiger partial charge in [-0.1, -0.05) is 11.6 Å². The van der Waals surface area contributed by atoms with E-state index in [0.29, 0.717) is 11.6 Å². The van der Waals surface area contributed by atoms with Gasteiger partial charge < -0.3 is 4.74 Å². The van der Waals surface area contributed by atoms with Crippen molar-refractivity contribution < 1.29 is 13.2 Å². The van der Waals surface area contributed by atoms with Gasteiger partial charge >= 0.3 is 0 Å². The molecule has 19 heavy (non-hydrogen) atoms. The van der Waals surface area contributed by atoms with Gasteiger partial charge in [0.2, 0.25) is 0 Å². The van der Waals surface area contributed by atoms with E-state index in [9.17, 15) is 8.42 Å². The molecule has 0 saturated heterocycles. The molecule has 5 nitrogen and oxygen atoms in total. The molecule has 0 saturated carbocycles. The molecule has 0 bridgehead atoms. The lowest BCUT2D eigenvalue weighted by Crippen LogP contribution is -2.15. The standard InChI is InChI=1S/C12H13ClN2O3S/c1-3-18-11-7-9(2)10(13)8-12(11)19(16,17)15-6-4-5-14-15/h4-8H,3H2,1-2H3. The number of nitrogens with zero attached hydrogens (tertiary/aromatic N) is 2. The number of hydrogen-bond donors (Lipinski definition) is 0. The van der Waals surface area contributed by atoms with Crippen LogP contribution < -0.4 is 4.74 Å². The van der Waals surface area contributed by atoms with Crippen LogP contribution in [0.15, 0.2) is 35.5 Å². The van der Waals surface area contributed by atoms with Crippen LogP contribution in [-0.4, -0.2) is 24.2 Å². The molecular formula is C12H13ClN2O3S. The van der Waals surface area contributed by atoms with Crippen LogP contribution in [0.4, 0.5) is 0 Å². The van der Waals surface area contributed by atoms with Crippen molar-refractivity contribution in [3.63, 3.8) is 0 Å². The van der Waals surface area contributed by atoms with Crippen molar-refractivity contribution in [2.24, 2.45) is 0 Å². The summed E-state index contributed by atoms with van der Waals surface area (Å²) >= 11 is 6.00. The minimum atomic E-state index is -3.79. The Morgan fingerprint density at radius 2 is 2.16 bits per heavy atom. The molecule has 7 heteroatoms. The quantitative estimate of drug-likeness (QED) is 0.870. The fourth-order valence-electron chi connectivity index (χ4n) is 1.60. The Morgan fingerprint density at radius 1 is 1.42 bits per heavy atom. The number of aromatic nitrogens is 2. The van der Waals surface area contributed by atoms with Crippen molar-refractivity contribution in [1.82, 2.24) is 9.19 Å². The summed E-state index contributed by atoms with van der Waals surface area (Å²) in [5, 5.41) is 4.12. The number of hydrogen-bond acceptors (Lipinski definition) is 4. The van der Waals surface area contributed by atoms with Crippen LogP contribution in [0.3, 0.4) is 0 Å². The second-order valence-corrected chi connectivity index (χ2v) is 6.04. The molecular weight excluding hydrogens is 288 g/mol. The maximum atomic E-state index is 12.4. The summed E-state index contributed by atoms with van der Waals surface area (Å²) in [5.41, 5.74) is 0.754. The summed E-state index contributed by atoms with van der Waals surface area (Å²) in [7, 11) is -3.79. The molecule has 2 rings (SSSR count). The summed E-state index contributed by atoms with van der Waals surface area (Å²) < 4.78 is 31.1. The molecule has 1 aromatic heterocycles. The summed E-state index contributed by atoms with van der Waals surface area (Å²) in [6, 6.07) is 4.54. The van der Waals surface area contributed by atoms with E-state index in [-0.39, 0.29) is 10.6 Å². The van der Waals surface area contributed by atoms with E-state index in [1.54, 1.807) is 19.9 Å². The van der Waals surface area contributed by atoms with Gasteiger partial charge in [0.15, 0.2) is 0 Å². The smallest absolute Gasteiger partial charge is 0.286 e. The van der Waals surface area contributed by atoms with Crippen molar-refractivity contribution >= 4 is 21.6 Å². The van der Waals surface area contributed by atoms with Crippen molar-refractivity contribution in [2.75, 3.05) is 6.61 Å². The monoisotopic (exact) mass is 300 g/mol.